The molecule has 2 aromatic carbocycles. The topological polar surface area (TPSA) is 59.4 Å². The number of nitrogens with one attached hydrogen (secondary N) is 1. The standard InChI is InChI=1S/C22H25FN4O2/c1-26(2)12-7-13-29-21-15-20(22(28)24-19-11-6-10-18(23)14-19)27(25-21)16-17-8-4-3-5-9-17/h3-6,8-11,14-15H,7,12-13,16H2,1-2H3,(H,24,28). The number of rotatable bonds is 9. The van der Waals surface area contributed by atoms with E-state index in [2.05, 4.69) is 15.3 Å². The zero-order chi connectivity index (χ0) is 20.6. The lowest BCUT2D eigenvalue weighted by Crippen LogP contribution is -2.18. The van der Waals surface area contributed by atoms with E-state index in [0.29, 0.717) is 30.4 Å². The van der Waals surface area contributed by atoms with Gasteiger partial charge >= 0.3 is 0 Å². The number of benzene rings is 2. The molecule has 29 heavy (non-hydrogen) atoms. The molecule has 0 aliphatic heterocycles. The molecule has 0 unspecified atom stereocenters. The van der Waals surface area contributed by atoms with Crippen molar-refractivity contribution in [3.8, 4) is 5.88 Å². The summed E-state index contributed by atoms with van der Waals surface area (Å²) in [6.07, 6.45) is 0.851. The van der Waals surface area contributed by atoms with E-state index in [0.717, 1.165) is 18.5 Å². The first-order chi connectivity index (χ1) is 14.0. The molecule has 1 N–H and O–H groups in total. The molecule has 1 aromatic heterocycles. The van der Waals surface area contributed by atoms with Gasteiger partial charge in [0.05, 0.1) is 13.2 Å². The van der Waals surface area contributed by atoms with Crippen molar-refractivity contribution >= 4 is 11.6 Å². The lowest BCUT2D eigenvalue weighted by atomic mass is 10.2. The van der Waals surface area contributed by atoms with Crippen LogP contribution in [0.2, 0.25) is 0 Å². The van der Waals surface area contributed by atoms with Crippen molar-refractivity contribution < 1.29 is 13.9 Å². The van der Waals surface area contributed by atoms with Crippen molar-refractivity contribution in [3.05, 3.63) is 77.7 Å². The number of nitrogens with zero attached hydrogens (tertiary/aromatic N) is 3. The third-order valence-electron chi connectivity index (χ3n) is 4.25. The van der Waals surface area contributed by atoms with Crippen LogP contribution in [0, 0.1) is 5.82 Å². The molecule has 0 atom stereocenters. The van der Waals surface area contributed by atoms with E-state index < -0.39 is 5.82 Å². The average molecular weight is 396 g/mol. The average Bonchev–Trinajstić information content (AvgIpc) is 3.09. The maximum atomic E-state index is 13.4. The van der Waals surface area contributed by atoms with Gasteiger partial charge in [0, 0.05) is 18.3 Å². The second-order valence-electron chi connectivity index (χ2n) is 6.98. The Morgan fingerprint density at radius 3 is 2.66 bits per heavy atom. The van der Waals surface area contributed by atoms with Gasteiger partial charge in [-0.3, -0.25) is 9.48 Å². The zero-order valence-electron chi connectivity index (χ0n) is 16.6. The van der Waals surface area contributed by atoms with Crippen molar-refractivity contribution in [2.75, 3.05) is 32.6 Å². The summed E-state index contributed by atoms with van der Waals surface area (Å²) in [5, 5.41) is 7.17. The molecule has 0 spiro atoms. The summed E-state index contributed by atoms with van der Waals surface area (Å²) < 4.78 is 20.8. The Morgan fingerprint density at radius 2 is 1.93 bits per heavy atom. The number of hydrogen-bond donors (Lipinski definition) is 1. The van der Waals surface area contributed by atoms with Gasteiger partial charge < -0.3 is 15.0 Å². The van der Waals surface area contributed by atoms with Gasteiger partial charge in [-0.2, -0.15) is 0 Å². The molecule has 0 saturated carbocycles. The molecule has 3 rings (SSSR count). The highest BCUT2D eigenvalue weighted by Crippen LogP contribution is 2.17. The Kier molecular flexibility index (Phi) is 6.97. The predicted molar refractivity (Wildman–Crippen MR) is 111 cm³/mol. The summed E-state index contributed by atoms with van der Waals surface area (Å²) in [6.45, 7) is 1.83. The summed E-state index contributed by atoms with van der Waals surface area (Å²) in [4.78, 5) is 14.9. The van der Waals surface area contributed by atoms with Gasteiger partial charge in [0.25, 0.3) is 5.91 Å². The smallest absolute Gasteiger partial charge is 0.274 e. The molecule has 1 heterocycles. The molecule has 3 aromatic rings. The first-order valence-electron chi connectivity index (χ1n) is 9.47. The fraction of sp³-hybridized carbons (Fsp3) is 0.273. The SMILES string of the molecule is CN(C)CCCOc1cc(C(=O)Nc2cccc(F)c2)n(Cc2ccccc2)n1. The summed E-state index contributed by atoms with van der Waals surface area (Å²) in [5.74, 6) is -0.392. The molecule has 0 saturated heterocycles. The normalized spacial score (nSPS) is 10.9. The number of carbonyl (C=O) groups excluding carboxylic acids is 1. The Hall–Kier alpha value is -3.19. The Morgan fingerprint density at radius 1 is 1.14 bits per heavy atom. The summed E-state index contributed by atoms with van der Waals surface area (Å²) >= 11 is 0. The highest BCUT2D eigenvalue weighted by molar-refractivity contribution is 6.03. The Balaban J connectivity index is 1.77. The van der Waals surface area contributed by atoms with Crippen LogP contribution in [0.1, 0.15) is 22.5 Å². The van der Waals surface area contributed by atoms with E-state index >= 15 is 0 Å². The first kappa shape index (κ1) is 20.5. The minimum absolute atomic E-state index is 0.348. The van der Waals surface area contributed by atoms with Gasteiger partial charge in [0.2, 0.25) is 5.88 Å². The van der Waals surface area contributed by atoms with Crippen LogP contribution < -0.4 is 10.1 Å². The molecule has 0 fully saturated rings. The lowest BCUT2D eigenvalue weighted by Gasteiger charge is -2.09. The predicted octanol–water partition coefficient (Wildman–Crippen LogP) is 3.65. The monoisotopic (exact) mass is 396 g/mol. The maximum absolute atomic E-state index is 13.4. The second-order valence-corrected chi connectivity index (χ2v) is 6.98. The minimum atomic E-state index is -0.412. The first-order valence-corrected chi connectivity index (χ1v) is 9.47. The molecule has 7 heteroatoms. The van der Waals surface area contributed by atoms with E-state index in [1.165, 1.54) is 12.1 Å². The van der Waals surface area contributed by atoms with Gasteiger partial charge in [-0.25, -0.2) is 4.39 Å². The van der Waals surface area contributed by atoms with Gasteiger partial charge in [-0.1, -0.05) is 36.4 Å². The fourth-order valence-corrected chi connectivity index (χ4v) is 2.84. The van der Waals surface area contributed by atoms with E-state index in [-0.39, 0.29) is 5.91 Å². The fourth-order valence-electron chi connectivity index (χ4n) is 2.84. The van der Waals surface area contributed by atoms with Crippen molar-refractivity contribution in [3.63, 3.8) is 0 Å². The molecule has 0 aliphatic carbocycles. The molecule has 6 nitrogen and oxygen atoms in total. The largest absolute Gasteiger partial charge is 0.477 e. The van der Waals surface area contributed by atoms with Gasteiger partial charge in [-0.15, -0.1) is 5.10 Å². The molecule has 1 amide bonds. The molecule has 0 aliphatic rings. The van der Waals surface area contributed by atoms with E-state index in [9.17, 15) is 9.18 Å². The van der Waals surface area contributed by atoms with Crippen LogP contribution in [-0.2, 0) is 6.54 Å². The van der Waals surface area contributed by atoms with Crippen LogP contribution in [0.3, 0.4) is 0 Å². The third kappa shape index (κ3) is 6.15. The molecule has 0 radical (unpaired) electrons. The van der Waals surface area contributed by atoms with Crippen molar-refractivity contribution in [2.24, 2.45) is 0 Å². The van der Waals surface area contributed by atoms with Crippen molar-refractivity contribution in [1.82, 2.24) is 14.7 Å². The number of halogens is 1. The van der Waals surface area contributed by atoms with Crippen LogP contribution in [0.5, 0.6) is 5.88 Å². The van der Waals surface area contributed by atoms with Crippen molar-refractivity contribution in [2.45, 2.75) is 13.0 Å². The van der Waals surface area contributed by atoms with Gasteiger partial charge in [0.1, 0.15) is 11.5 Å². The van der Waals surface area contributed by atoms with Crippen LogP contribution >= 0.6 is 0 Å². The Bertz CT molecular complexity index is 941. The quantitative estimate of drug-likeness (QED) is 0.561. The second kappa shape index (κ2) is 9.84. The number of amides is 1. The zero-order valence-corrected chi connectivity index (χ0v) is 16.6. The molecular weight excluding hydrogens is 371 g/mol. The molecule has 0 bridgehead atoms. The van der Waals surface area contributed by atoms with Crippen LogP contribution in [0.25, 0.3) is 0 Å². The highest BCUT2D eigenvalue weighted by atomic mass is 19.1. The maximum Gasteiger partial charge on any atom is 0.274 e. The lowest BCUT2D eigenvalue weighted by molar-refractivity contribution is 0.101. The number of aromatic nitrogens is 2. The summed E-state index contributed by atoms with van der Waals surface area (Å²) in [6, 6.07) is 17.1. The highest BCUT2D eigenvalue weighted by Gasteiger charge is 2.17. The van der Waals surface area contributed by atoms with E-state index in [1.54, 1.807) is 22.9 Å². The number of hydrogen-bond acceptors (Lipinski definition) is 4. The molecule has 152 valence electrons. The van der Waals surface area contributed by atoms with Crippen molar-refractivity contribution in [1.29, 1.82) is 0 Å². The minimum Gasteiger partial charge on any atom is -0.477 e. The van der Waals surface area contributed by atoms with Gasteiger partial charge in [0.15, 0.2) is 0 Å². The summed E-state index contributed by atoms with van der Waals surface area (Å²) in [5.41, 5.74) is 1.74. The Labute approximate surface area is 169 Å². The number of anilines is 1. The van der Waals surface area contributed by atoms with Crippen LogP contribution in [0.15, 0.2) is 60.7 Å². The van der Waals surface area contributed by atoms with E-state index in [4.69, 9.17) is 4.74 Å². The van der Waals surface area contributed by atoms with E-state index in [1.807, 2.05) is 44.4 Å². The number of carbonyl (C=O) groups is 1. The number of ether oxygens (including phenoxy) is 1. The summed E-state index contributed by atoms with van der Waals surface area (Å²) in [7, 11) is 4.01. The van der Waals surface area contributed by atoms with Crippen LogP contribution in [-0.4, -0.2) is 47.8 Å². The third-order valence-corrected chi connectivity index (χ3v) is 4.25. The molecular formula is C22H25FN4O2. The van der Waals surface area contributed by atoms with Gasteiger partial charge in [-0.05, 0) is 44.3 Å². The van der Waals surface area contributed by atoms with Crippen LogP contribution in [0.4, 0.5) is 10.1 Å².